The van der Waals surface area contributed by atoms with Crippen LogP contribution in [0.5, 0.6) is 0 Å². The summed E-state index contributed by atoms with van der Waals surface area (Å²) < 4.78 is 39.7. The molecule has 4 rings (SSSR count). The fraction of sp³-hybridized carbons (Fsp3) is 0.481. The van der Waals surface area contributed by atoms with Crippen LogP contribution < -0.4 is 4.90 Å². The number of benzene rings is 1. The van der Waals surface area contributed by atoms with Crippen LogP contribution in [-0.4, -0.2) is 48.4 Å². The Morgan fingerprint density at radius 2 is 1.82 bits per heavy atom. The predicted octanol–water partition coefficient (Wildman–Crippen LogP) is 5.75. The molecule has 0 aromatic heterocycles. The molecular weight excluding hydrogens is 425 g/mol. The third kappa shape index (κ3) is 5.61. The lowest BCUT2D eigenvalue weighted by molar-refractivity contribution is -0.258. The smallest absolute Gasteiger partial charge is 0.376 e. The zero-order chi connectivity index (χ0) is 23.5. The lowest BCUT2D eigenvalue weighted by atomic mass is 9.93. The van der Waals surface area contributed by atoms with Gasteiger partial charge in [0.25, 0.3) is 0 Å². The number of nitrogens with zero attached hydrogens (tertiary/aromatic N) is 2. The van der Waals surface area contributed by atoms with Gasteiger partial charge in [-0.1, -0.05) is 60.2 Å². The van der Waals surface area contributed by atoms with Gasteiger partial charge in [-0.3, -0.25) is 4.90 Å². The van der Waals surface area contributed by atoms with E-state index >= 15 is 0 Å². The Morgan fingerprint density at radius 3 is 2.45 bits per heavy atom. The Labute approximate surface area is 194 Å². The number of anilines is 1. The number of rotatable bonds is 6. The van der Waals surface area contributed by atoms with Gasteiger partial charge in [0.05, 0.1) is 0 Å². The van der Waals surface area contributed by atoms with Gasteiger partial charge in [-0.15, -0.1) is 0 Å². The molecule has 1 heterocycles. The van der Waals surface area contributed by atoms with Crippen LogP contribution in [0.15, 0.2) is 72.4 Å². The molecule has 1 aromatic rings. The van der Waals surface area contributed by atoms with Crippen LogP contribution in [-0.2, 0) is 5.60 Å². The van der Waals surface area contributed by atoms with E-state index in [1.54, 1.807) is 12.1 Å². The summed E-state index contributed by atoms with van der Waals surface area (Å²) in [6.45, 7) is 4.49. The highest BCUT2D eigenvalue weighted by Crippen LogP contribution is 2.39. The Morgan fingerprint density at radius 1 is 1.03 bits per heavy atom. The first kappa shape index (κ1) is 23.8. The van der Waals surface area contributed by atoms with Gasteiger partial charge < -0.3 is 10.0 Å². The van der Waals surface area contributed by atoms with Gasteiger partial charge in [0.1, 0.15) is 0 Å². The van der Waals surface area contributed by atoms with Crippen molar-refractivity contribution in [2.75, 3.05) is 31.1 Å². The minimum atomic E-state index is -4.72. The topological polar surface area (TPSA) is 26.7 Å². The molecule has 3 nitrogen and oxygen atoms in total. The van der Waals surface area contributed by atoms with Gasteiger partial charge in [-0.2, -0.15) is 13.2 Å². The van der Waals surface area contributed by atoms with Crippen LogP contribution in [0.2, 0.25) is 0 Å². The molecule has 3 aliphatic rings. The van der Waals surface area contributed by atoms with E-state index in [0.717, 1.165) is 64.5 Å². The van der Waals surface area contributed by atoms with Crippen LogP contribution in [0.1, 0.15) is 38.2 Å². The van der Waals surface area contributed by atoms with Crippen molar-refractivity contribution in [3.8, 4) is 0 Å². The third-order valence-electron chi connectivity index (χ3n) is 6.99. The minimum absolute atomic E-state index is 0.135. The zero-order valence-electron chi connectivity index (χ0n) is 19.1. The average Bonchev–Trinajstić information content (AvgIpc) is 2.80. The van der Waals surface area contributed by atoms with Crippen molar-refractivity contribution in [3.63, 3.8) is 0 Å². The molecule has 0 spiro atoms. The van der Waals surface area contributed by atoms with E-state index in [9.17, 15) is 18.3 Å². The zero-order valence-corrected chi connectivity index (χ0v) is 19.1. The highest BCUT2D eigenvalue weighted by Gasteiger charge is 2.51. The van der Waals surface area contributed by atoms with Crippen LogP contribution >= 0.6 is 0 Å². The molecule has 3 atom stereocenters. The Hall–Kier alpha value is -2.31. The number of hydrogen-bond acceptors (Lipinski definition) is 3. The first-order valence-electron chi connectivity index (χ1n) is 11.8. The number of hydrogen-bond donors (Lipinski definition) is 1. The highest BCUT2D eigenvalue weighted by molar-refractivity contribution is 5.50. The summed E-state index contributed by atoms with van der Waals surface area (Å²) in [4.78, 5) is 4.84. The summed E-state index contributed by atoms with van der Waals surface area (Å²) in [6.07, 6.45) is 14.8. The SMILES string of the molecule is CC(O)(c1ccc(N2CCN(CC3C=CC=CC3)CC2CC2=CCCC=C2)cc1)C(F)(F)F. The third-order valence-corrected chi connectivity index (χ3v) is 6.99. The van der Waals surface area contributed by atoms with Crippen molar-refractivity contribution in [3.05, 3.63) is 77.9 Å². The largest absolute Gasteiger partial charge is 0.421 e. The van der Waals surface area contributed by atoms with Gasteiger partial charge in [0.2, 0.25) is 0 Å². The second-order valence-corrected chi connectivity index (χ2v) is 9.50. The van der Waals surface area contributed by atoms with Gasteiger partial charge in [-0.05, 0) is 56.2 Å². The lowest BCUT2D eigenvalue weighted by Gasteiger charge is -2.44. The molecule has 1 saturated heterocycles. The fourth-order valence-corrected chi connectivity index (χ4v) is 4.93. The summed E-state index contributed by atoms with van der Waals surface area (Å²) in [5, 5.41) is 10.0. The molecule has 1 aromatic carbocycles. The molecule has 0 radical (unpaired) electrons. The molecule has 1 aliphatic heterocycles. The predicted molar refractivity (Wildman–Crippen MR) is 127 cm³/mol. The van der Waals surface area contributed by atoms with Crippen molar-refractivity contribution >= 4 is 5.69 Å². The number of aliphatic hydroxyl groups is 1. The standard InChI is InChI=1S/C27H33F3N2O/c1-26(33,27(28,29)30)23-12-14-24(15-13-23)32-17-16-31(19-22-10-6-3-7-11-22)20-25(32)18-21-8-4-2-5-9-21/h3-4,6-10,12-15,22,25,33H,2,5,11,16-20H2,1H3. The Bertz CT molecular complexity index is 928. The Kier molecular flexibility index (Phi) is 7.15. The molecule has 0 amide bonds. The first-order chi connectivity index (χ1) is 15.7. The van der Waals surface area contributed by atoms with E-state index in [-0.39, 0.29) is 11.6 Å². The molecule has 0 saturated carbocycles. The van der Waals surface area contributed by atoms with Gasteiger partial charge in [-0.25, -0.2) is 0 Å². The molecular formula is C27H33F3N2O. The van der Waals surface area contributed by atoms with Crippen molar-refractivity contribution in [1.29, 1.82) is 0 Å². The van der Waals surface area contributed by atoms with E-state index in [1.165, 1.54) is 17.7 Å². The maximum atomic E-state index is 13.2. The molecule has 1 N–H and O–H groups in total. The maximum absolute atomic E-state index is 13.2. The normalized spacial score (nSPS) is 25.7. The quantitative estimate of drug-likeness (QED) is 0.588. The van der Waals surface area contributed by atoms with E-state index in [1.807, 2.05) is 0 Å². The maximum Gasteiger partial charge on any atom is 0.421 e. The highest BCUT2D eigenvalue weighted by atomic mass is 19.4. The molecule has 2 aliphatic carbocycles. The lowest BCUT2D eigenvalue weighted by Crippen LogP contribution is -2.54. The number of halogens is 3. The summed E-state index contributed by atoms with van der Waals surface area (Å²) in [6, 6.07) is 6.50. The molecule has 6 heteroatoms. The first-order valence-corrected chi connectivity index (χ1v) is 11.8. The van der Waals surface area contributed by atoms with Crippen LogP contribution in [0.25, 0.3) is 0 Å². The second kappa shape index (κ2) is 9.90. The van der Waals surface area contributed by atoms with Crippen molar-refractivity contribution in [2.24, 2.45) is 5.92 Å². The summed E-state index contributed by atoms with van der Waals surface area (Å²) >= 11 is 0. The average molecular weight is 459 g/mol. The van der Waals surface area contributed by atoms with Crippen LogP contribution in [0.4, 0.5) is 18.9 Å². The fourth-order valence-electron chi connectivity index (χ4n) is 4.93. The Balaban J connectivity index is 1.51. The van der Waals surface area contributed by atoms with Crippen molar-refractivity contribution in [2.45, 2.75) is 50.4 Å². The van der Waals surface area contributed by atoms with E-state index in [0.29, 0.717) is 5.92 Å². The van der Waals surface area contributed by atoms with Crippen LogP contribution in [0, 0.1) is 5.92 Å². The molecule has 0 bridgehead atoms. The van der Waals surface area contributed by atoms with Gasteiger partial charge in [0, 0.05) is 37.9 Å². The number of allylic oxidation sites excluding steroid dienone is 6. The number of alkyl halides is 3. The molecule has 178 valence electrons. The monoisotopic (exact) mass is 458 g/mol. The van der Waals surface area contributed by atoms with E-state index in [4.69, 9.17) is 0 Å². The molecule has 33 heavy (non-hydrogen) atoms. The summed E-state index contributed by atoms with van der Waals surface area (Å²) in [5.74, 6) is 0.528. The van der Waals surface area contributed by atoms with Crippen molar-refractivity contribution in [1.82, 2.24) is 4.90 Å². The van der Waals surface area contributed by atoms with Gasteiger partial charge >= 0.3 is 6.18 Å². The summed E-state index contributed by atoms with van der Waals surface area (Å²) in [5.41, 5.74) is -0.759. The molecule has 3 unspecified atom stereocenters. The second-order valence-electron chi connectivity index (χ2n) is 9.50. The van der Waals surface area contributed by atoms with E-state index in [2.05, 4.69) is 52.3 Å². The molecule has 1 fully saturated rings. The van der Waals surface area contributed by atoms with Crippen LogP contribution in [0.3, 0.4) is 0 Å². The number of piperazine rings is 1. The van der Waals surface area contributed by atoms with E-state index < -0.39 is 11.8 Å². The van der Waals surface area contributed by atoms with Gasteiger partial charge in [0.15, 0.2) is 5.60 Å². The minimum Gasteiger partial charge on any atom is -0.376 e. The summed E-state index contributed by atoms with van der Waals surface area (Å²) in [7, 11) is 0. The van der Waals surface area contributed by atoms with Crippen molar-refractivity contribution < 1.29 is 18.3 Å².